The normalized spacial score (nSPS) is 20.9. The highest BCUT2D eigenvalue weighted by Gasteiger charge is 2.46. The fourth-order valence-electron chi connectivity index (χ4n) is 9.87. The molecule has 0 unspecified atom stereocenters. The van der Waals surface area contributed by atoms with E-state index in [-0.39, 0.29) is 45.2 Å². The summed E-state index contributed by atoms with van der Waals surface area (Å²) >= 11 is 0. The van der Waals surface area contributed by atoms with Gasteiger partial charge in [-0.2, -0.15) is 0 Å². The van der Waals surface area contributed by atoms with Crippen LogP contribution in [0.25, 0.3) is 0 Å². The number of cyclic esters (lactones) is 1. The molecular formula is C52H70N10O16. The summed E-state index contributed by atoms with van der Waals surface area (Å²) in [6.07, 6.45) is -0.906. The largest absolute Gasteiger partial charge is 0.481 e. The molecule has 7 amide bonds. The minimum Gasteiger partial charge on any atom is -0.481 e. The van der Waals surface area contributed by atoms with Gasteiger partial charge in [-0.05, 0) is 47.4 Å². The van der Waals surface area contributed by atoms with Gasteiger partial charge in [0.25, 0.3) is 0 Å². The second-order valence-electron chi connectivity index (χ2n) is 20.0. The molecule has 2 aromatic rings. The fraction of sp³-hybridized carbons (Fsp3) is 0.558. The van der Waals surface area contributed by atoms with E-state index < -0.39 is 127 Å². The van der Waals surface area contributed by atoms with Gasteiger partial charge in [0.2, 0.25) is 47.6 Å². The van der Waals surface area contributed by atoms with Crippen molar-refractivity contribution in [2.75, 3.05) is 77.5 Å². The zero-order chi connectivity index (χ0) is 56.6. The van der Waals surface area contributed by atoms with Crippen LogP contribution in [0.3, 0.4) is 0 Å². The number of hydrogen-bond donors (Lipinski definition) is 9. The number of esters is 1. The fourth-order valence-corrected chi connectivity index (χ4v) is 9.87. The Balaban J connectivity index is 0.982. The van der Waals surface area contributed by atoms with Gasteiger partial charge in [0.05, 0.1) is 44.7 Å². The van der Waals surface area contributed by atoms with Crippen molar-refractivity contribution in [3.63, 3.8) is 0 Å². The summed E-state index contributed by atoms with van der Waals surface area (Å²) in [5.41, 5.74) is 3.60. The first kappa shape index (κ1) is 59.7. The smallest absolute Gasteiger partial charge is 0.317 e. The molecule has 2 aromatic carbocycles. The first-order valence-electron chi connectivity index (χ1n) is 26.0. The molecule has 0 aliphatic carbocycles. The summed E-state index contributed by atoms with van der Waals surface area (Å²) in [6.45, 7) is 5.17. The number of methoxy groups -OCH3 is 1. The van der Waals surface area contributed by atoms with Gasteiger partial charge >= 0.3 is 23.9 Å². The first-order chi connectivity index (χ1) is 37.2. The Morgan fingerprint density at radius 3 is 1.95 bits per heavy atom. The number of nitrogens with zero attached hydrogens (tertiary/aromatic N) is 4. The lowest BCUT2D eigenvalue weighted by molar-refractivity contribution is -0.160. The number of nitrogens with one attached hydrogen (secondary N) is 6. The predicted molar refractivity (Wildman–Crippen MR) is 275 cm³/mol. The second kappa shape index (κ2) is 28.2. The maximum Gasteiger partial charge on any atom is 0.317 e. The molecule has 0 aromatic heterocycles. The molecule has 0 spiro atoms. The number of rotatable bonds is 25. The number of carbonyl (C=O) groups is 11. The molecule has 6 rings (SSSR count). The zero-order valence-corrected chi connectivity index (χ0v) is 44.0. The number of aliphatic carboxylic acids is 3. The van der Waals surface area contributed by atoms with Crippen molar-refractivity contribution >= 4 is 70.9 Å². The van der Waals surface area contributed by atoms with Crippen molar-refractivity contribution in [1.29, 1.82) is 0 Å². The number of carboxylic acids is 3. The number of carboxylic acid groups (broad SMARTS) is 3. The number of amides is 7. The van der Waals surface area contributed by atoms with Gasteiger partial charge in [0, 0.05) is 65.8 Å². The Morgan fingerprint density at radius 2 is 1.33 bits per heavy atom. The highest BCUT2D eigenvalue weighted by atomic mass is 16.7. The van der Waals surface area contributed by atoms with Gasteiger partial charge in [-0.3, -0.25) is 72.3 Å². The van der Waals surface area contributed by atoms with Crippen molar-refractivity contribution in [3.05, 3.63) is 64.7 Å². The molecule has 4 aliphatic rings. The van der Waals surface area contributed by atoms with E-state index in [0.717, 1.165) is 16.7 Å². The minimum atomic E-state index is -1.34. The van der Waals surface area contributed by atoms with E-state index >= 15 is 0 Å². The SMILES string of the molecule is CC[C@H](C)[C@H](NC(=O)CNC(=O)CNC(=O)[C@H](CCC(=O)O)NC(=O)Cc1ccc(CN2CCN(CC(=O)O)CCN(CC(=O)O)CC2)cc1)C(=O)N[C@H]1CCc2cccc3c2N(C1=O)[C@H](C(=O)N[C@H]1CC(=O)O[C@H]1OC)C3. The summed E-state index contributed by atoms with van der Waals surface area (Å²) in [4.78, 5) is 148. The van der Waals surface area contributed by atoms with Crippen LogP contribution in [0.15, 0.2) is 42.5 Å². The molecule has 2 saturated heterocycles. The number of ether oxygens (including phenoxy) is 2. The average molecular weight is 1090 g/mol. The predicted octanol–water partition coefficient (Wildman–Crippen LogP) is -2.28. The van der Waals surface area contributed by atoms with Crippen LogP contribution >= 0.6 is 0 Å². The second-order valence-corrected chi connectivity index (χ2v) is 20.0. The maximum atomic E-state index is 14.4. The minimum absolute atomic E-state index is 0.117. The molecular weight excluding hydrogens is 1020 g/mol. The molecule has 26 heteroatoms. The standard InChI is InChI=1S/C52H70N10O16/c1-4-30(2)46(50(75)56-36-13-12-33-6-5-7-34-23-38(62(47(33)34)51(36)76)49(74)57-37-24-45(72)78-52(37)77-3)58-41(65)26-53-40(64)25-54-48(73)35(14-15-42(66)67)55-39(63)22-31-8-10-32(11-9-31)27-59-16-18-60(28-43(68)69)20-21-61(19-17-59)29-44(70)71/h5-11,30,35-38,46,52H,4,12-29H2,1-3H3,(H,53,64)(H,54,73)(H,55,63)(H,56,75)(H,57,74)(H,58,65)(H,66,67)(H,68,69)(H,70,71)/t30-,35-,36-,37-,38-,46-,52+/m0/s1. The highest BCUT2D eigenvalue weighted by Crippen LogP contribution is 2.39. The van der Waals surface area contributed by atoms with Gasteiger partial charge < -0.3 is 56.7 Å². The topological polar surface area (TPSA) is 352 Å². The van der Waals surface area contributed by atoms with E-state index in [1.807, 2.05) is 30.3 Å². The van der Waals surface area contributed by atoms with Gasteiger partial charge in [-0.15, -0.1) is 0 Å². The summed E-state index contributed by atoms with van der Waals surface area (Å²) in [5.74, 6) is -8.96. The van der Waals surface area contributed by atoms with Crippen LogP contribution in [0.4, 0.5) is 5.69 Å². The number of aryl methyl sites for hydroxylation is 1. The molecule has 4 heterocycles. The third-order valence-corrected chi connectivity index (χ3v) is 14.2. The Kier molecular flexibility index (Phi) is 21.6. The first-order valence-corrected chi connectivity index (χ1v) is 26.0. The van der Waals surface area contributed by atoms with Gasteiger partial charge in [0.1, 0.15) is 30.2 Å². The van der Waals surface area contributed by atoms with Crippen LogP contribution in [0, 0.1) is 5.92 Å². The van der Waals surface area contributed by atoms with Crippen LogP contribution in [0.1, 0.15) is 68.2 Å². The lowest BCUT2D eigenvalue weighted by Crippen LogP contribution is -2.59. The highest BCUT2D eigenvalue weighted by molar-refractivity contribution is 6.08. The lowest BCUT2D eigenvalue weighted by atomic mass is 9.97. The van der Waals surface area contributed by atoms with E-state index in [4.69, 9.17) is 9.47 Å². The van der Waals surface area contributed by atoms with E-state index in [2.05, 4.69) is 36.8 Å². The van der Waals surface area contributed by atoms with E-state index in [1.54, 1.807) is 35.8 Å². The van der Waals surface area contributed by atoms with E-state index in [1.165, 1.54) is 12.0 Å². The van der Waals surface area contributed by atoms with Crippen LogP contribution in [0.2, 0.25) is 0 Å². The number of carbonyl (C=O) groups excluding carboxylic acids is 8. The summed E-state index contributed by atoms with van der Waals surface area (Å²) in [6, 6.07) is 7.18. The third-order valence-electron chi connectivity index (χ3n) is 14.2. The molecule has 424 valence electrons. The molecule has 7 atom stereocenters. The van der Waals surface area contributed by atoms with Crippen molar-refractivity contribution in [2.45, 2.75) is 108 Å². The van der Waals surface area contributed by atoms with Gasteiger partial charge in [0.15, 0.2) is 0 Å². The Hall–Kier alpha value is -7.55. The number of anilines is 1. The van der Waals surface area contributed by atoms with Crippen LogP contribution < -0.4 is 36.8 Å². The third kappa shape index (κ3) is 17.0. The Morgan fingerprint density at radius 1 is 0.718 bits per heavy atom. The molecule has 0 bridgehead atoms. The molecule has 26 nitrogen and oxygen atoms in total. The Bertz CT molecular complexity index is 2540. The molecule has 4 aliphatic heterocycles. The maximum absolute atomic E-state index is 14.4. The quantitative estimate of drug-likeness (QED) is 0.0473. The number of benzene rings is 2. The number of para-hydroxylation sites is 1. The summed E-state index contributed by atoms with van der Waals surface area (Å²) in [5, 5.41) is 43.6. The molecule has 2 fully saturated rings. The molecule has 0 radical (unpaired) electrons. The van der Waals surface area contributed by atoms with Gasteiger partial charge in [-0.1, -0.05) is 62.7 Å². The van der Waals surface area contributed by atoms with Crippen LogP contribution in [-0.2, 0) is 88.0 Å². The summed E-state index contributed by atoms with van der Waals surface area (Å²) in [7, 11) is 1.34. The van der Waals surface area contributed by atoms with E-state index in [0.29, 0.717) is 69.9 Å². The van der Waals surface area contributed by atoms with Crippen molar-refractivity contribution in [2.24, 2.45) is 5.92 Å². The van der Waals surface area contributed by atoms with Crippen molar-refractivity contribution < 1.29 is 77.5 Å². The average Bonchev–Trinajstić information content (AvgIpc) is 4.05. The molecule has 9 N–H and O–H groups in total. The zero-order valence-electron chi connectivity index (χ0n) is 44.0. The summed E-state index contributed by atoms with van der Waals surface area (Å²) < 4.78 is 10.3. The number of hydrogen-bond acceptors (Lipinski definition) is 16. The Labute approximate surface area is 450 Å². The molecule has 78 heavy (non-hydrogen) atoms. The monoisotopic (exact) mass is 1090 g/mol. The van der Waals surface area contributed by atoms with E-state index in [9.17, 15) is 68.1 Å². The van der Waals surface area contributed by atoms with Crippen molar-refractivity contribution in [3.8, 4) is 0 Å². The van der Waals surface area contributed by atoms with Gasteiger partial charge in [-0.25, -0.2) is 0 Å². The lowest BCUT2D eigenvalue weighted by Gasteiger charge is -2.30. The molecule has 0 saturated carbocycles. The van der Waals surface area contributed by atoms with Crippen LogP contribution in [0.5, 0.6) is 0 Å². The van der Waals surface area contributed by atoms with Crippen LogP contribution in [-0.4, -0.2) is 204 Å². The van der Waals surface area contributed by atoms with Crippen molar-refractivity contribution in [1.82, 2.24) is 46.6 Å².